The summed E-state index contributed by atoms with van der Waals surface area (Å²) in [6.45, 7) is 1.80. The van der Waals surface area contributed by atoms with E-state index in [1.54, 1.807) is 13.0 Å². The van der Waals surface area contributed by atoms with Gasteiger partial charge in [-0.1, -0.05) is 0 Å². The quantitative estimate of drug-likeness (QED) is 0.703. The number of rotatable bonds is 2. The van der Waals surface area contributed by atoms with Crippen molar-refractivity contribution in [3.05, 3.63) is 23.0 Å². The predicted octanol–water partition coefficient (Wildman–Crippen LogP) is 1.90. The van der Waals surface area contributed by atoms with Crippen LogP contribution in [0.15, 0.2) is 6.07 Å². The Labute approximate surface area is 70.4 Å². The average molecular weight is 165 g/mol. The van der Waals surface area contributed by atoms with Crippen molar-refractivity contribution in [1.82, 2.24) is 4.98 Å². The van der Waals surface area contributed by atoms with E-state index in [1.807, 2.05) is 0 Å². The number of carboxylic acids is 1. The van der Waals surface area contributed by atoms with E-state index in [4.69, 9.17) is 5.11 Å². The molecule has 1 aliphatic rings. The molecular formula is C9H11NO2. The lowest BCUT2D eigenvalue weighted by atomic mass is 10.2. The number of hydrogen-bond donors (Lipinski definition) is 2. The molecule has 0 aliphatic heterocycles. The Balaban J connectivity index is 2.36. The summed E-state index contributed by atoms with van der Waals surface area (Å²) >= 11 is 0. The second kappa shape index (κ2) is 2.37. The zero-order valence-electron chi connectivity index (χ0n) is 6.92. The van der Waals surface area contributed by atoms with Crippen LogP contribution in [0.1, 0.15) is 40.5 Å². The normalized spacial score (nSPS) is 16.4. The van der Waals surface area contributed by atoms with E-state index in [9.17, 15) is 4.79 Å². The van der Waals surface area contributed by atoms with E-state index in [-0.39, 0.29) is 0 Å². The van der Waals surface area contributed by atoms with E-state index in [0.717, 1.165) is 11.4 Å². The number of aromatic amines is 1. The maximum Gasteiger partial charge on any atom is 0.337 e. The molecule has 1 fully saturated rings. The summed E-state index contributed by atoms with van der Waals surface area (Å²) in [7, 11) is 0. The molecule has 1 saturated carbocycles. The molecule has 0 radical (unpaired) electrons. The molecule has 0 saturated heterocycles. The lowest BCUT2D eigenvalue weighted by Crippen LogP contribution is -1.95. The van der Waals surface area contributed by atoms with Crippen molar-refractivity contribution in [2.75, 3.05) is 0 Å². The molecule has 0 spiro atoms. The first-order valence-electron chi connectivity index (χ1n) is 4.11. The molecular weight excluding hydrogens is 154 g/mol. The fourth-order valence-electron chi connectivity index (χ4n) is 1.42. The predicted molar refractivity (Wildman–Crippen MR) is 44.5 cm³/mol. The van der Waals surface area contributed by atoms with Gasteiger partial charge in [0.1, 0.15) is 0 Å². The summed E-state index contributed by atoms with van der Waals surface area (Å²) < 4.78 is 0. The zero-order valence-corrected chi connectivity index (χ0v) is 6.92. The third-order valence-electron chi connectivity index (χ3n) is 2.28. The second-order valence-corrected chi connectivity index (χ2v) is 3.34. The fourth-order valence-corrected chi connectivity index (χ4v) is 1.42. The summed E-state index contributed by atoms with van der Waals surface area (Å²) in [5.41, 5.74) is 2.27. The summed E-state index contributed by atoms with van der Waals surface area (Å²) in [6, 6.07) is 1.76. The minimum Gasteiger partial charge on any atom is -0.478 e. The maximum atomic E-state index is 10.7. The molecule has 0 atom stereocenters. The first kappa shape index (κ1) is 7.40. The number of nitrogens with one attached hydrogen (secondary N) is 1. The molecule has 1 aliphatic carbocycles. The molecule has 12 heavy (non-hydrogen) atoms. The van der Waals surface area contributed by atoms with Gasteiger partial charge in [-0.2, -0.15) is 0 Å². The highest BCUT2D eigenvalue weighted by Crippen LogP contribution is 2.39. The van der Waals surface area contributed by atoms with E-state index in [0.29, 0.717) is 11.5 Å². The number of carboxylic acid groups (broad SMARTS) is 1. The lowest BCUT2D eigenvalue weighted by molar-refractivity contribution is 0.0696. The topological polar surface area (TPSA) is 53.1 Å². The Morgan fingerprint density at radius 1 is 1.67 bits per heavy atom. The van der Waals surface area contributed by atoms with Crippen molar-refractivity contribution in [3.63, 3.8) is 0 Å². The first-order valence-corrected chi connectivity index (χ1v) is 4.11. The van der Waals surface area contributed by atoms with Gasteiger partial charge in [0.15, 0.2) is 0 Å². The molecule has 0 amide bonds. The van der Waals surface area contributed by atoms with Gasteiger partial charge in [0.05, 0.1) is 5.56 Å². The SMILES string of the molecule is Cc1[nH]c(C2CC2)cc1C(=O)O. The Bertz CT molecular complexity index is 323. The van der Waals surface area contributed by atoms with Crippen LogP contribution in [-0.2, 0) is 0 Å². The third kappa shape index (κ3) is 1.11. The molecule has 1 aromatic rings. The number of aryl methyl sites for hydroxylation is 1. The van der Waals surface area contributed by atoms with Gasteiger partial charge in [0.2, 0.25) is 0 Å². The monoisotopic (exact) mass is 165 g/mol. The van der Waals surface area contributed by atoms with Crippen LogP contribution in [0.4, 0.5) is 0 Å². The molecule has 64 valence electrons. The van der Waals surface area contributed by atoms with Crippen LogP contribution in [-0.4, -0.2) is 16.1 Å². The average Bonchev–Trinajstić information content (AvgIpc) is 2.75. The van der Waals surface area contributed by atoms with Crippen molar-refractivity contribution >= 4 is 5.97 Å². The standard InChI is InChI=1S/C9H11NO2/c1-5-7(9(11)12)4-8(10-5)6-2-3-6/h4,6,10H,2-3H2,1H3,(H,11,12). The summed E-state index contributed by atoms with van der Waals surface area (Å²) in [5, 5.41) is 8.76. The van der Waals surface area contributed by atoms with Crippen LogP contribution in [0.25, 0.3) is 0 Å². The van der Waals surface area contributed by atoms with Crippen LogP contribution in [0.5, 0.6) is 0 Å². The second-order valence-electron chi connectivity index (χ2n) is 3.34. The number of hydrogen-bond acceptors (Lipinski definition) is 1. The van der Waals surface area contributed by atoms with Crippen molar-refractivity contribution < 1.29 is 9.90 Å². The summed E-state index contributed by atoms with van der Waals surface area (Å²) in [4.78, 5) is 13.8. The largest absolute Gasteiger partial charge is 0.478 e. The highest BCUT2D eigenvalue weighted by molar-refractivity contribution is 5.89. The Hall–Kier alpha value is -1.25. The minimum absolute atomic E-state index is 0.414. The Kier molecular flexibility index (Phi) is 1.46. The highest BCUT2D eigenvalue weighted by atomic mass is 16.4. The van der Waals surface area contributed by atoms with Crippen LogP contribution in [0, 0.1) is 6.92 Å². The molecule has 1 aromatic heterocycles. The number of H-pyrrole nitrogens is 1. The van der Waals surface area contributed by atoms with Crippen molar-refractivity contribution in [1.29, 1.82) is 0 Å². The van der Waals surface area contributed by atoms with Gasteiger partial charge in [-0.25, -0.2) is 4.79 Å². The third-order valence-corrected chi connectivity index (χ3v) is 2.28. The van der Waals surface area contributed by atoms with Gasteiger partial charge >= 0.3 is 5.97 Å². The van der Waals surface area contributed by atoms with Gasteiger partial charge in [-0.3, -0.25) is 0 Å². The van der Waals surface area contributed by atoms with Crippen LogP contribution < -0.4 is 0 Å². The Morgan fingerprint density at radius 2 is 2.33 bits per heavy atom. The van der Waals surface area contributed by atoms with Crippen LogP contribution >= 0.6 is 0 Å². The fraction of sp³-hybridized carbons (Fsp3) is 0.444. The van der Waals surface area contributed by atoms with E-state index >= 15 is 0 Å². The zero-order chi connectivity index (χ0) is 8.72. The van der Waals surface area contributed by atoms with Crippen molar-refractivity contribution in [3.8, 4) is 0 Å². The van der Waals surface area contributed by atoms with Gasteiger partial charge in [0, 0.05) is 11.4 Å². The molecule has 0 bridgehead atoms. The number of aromatic nitrogens is 1. The molecule has 0 aromatic carbocycles. The smallest absolute Gasteiger partial charge is 0.337 e. The van der Waals surface area contributed by atoms with Crippen molar-refractivity contribution in [2.24, 2.45) is 0 Å². The molecule has 0 unspecified atom stereocenters. The van der Waals surface area contributed by atoms with E-state index in [2.05, 4.69) is 4.98 Å². The van der Waals surface area contributed by atoms with Crippen LogP contribution in [0.3, 0.4) is 0 Å². The Morgan fingerprint density at radius 3 is 2.75 bits per heavy atom. The van der Waals surface area contributed by atoms with Gasteiger partial charge in [0.25, 0.3) is 0 Å². The summed E-state index contributed by atoms with van der Waals surface area (Å²) in [5.74, 6) is -0.243. The molecule has 1 heterocycles. The van der Waals surface area contributed by atoms with Gasteiger partial charge in [-0.05, 0) is 31.7 Å². The molecule has 3 nitrogen and oxygen atoms in total. The summed E-state index contributed by atoms with van der Waals surface area (Å²) in [6.07, 6.45) is 2.39. The molecule has 3 heteroatoms. The van der Waals surface area contributed by atoms with E-state index < -0.39 is 5.97 Å². The number of carbonyl (C=O) groups is 1. The van der Waals surface area contributed by atoms with E-state index in [1.165, 1.54) is 12.8 Å². The maximum absolute atomic E-state index is 10.7. The number of aromatic carboxylic acids is 1. The lowest BCUT2D eigenvalue weighted by Gasteiger charge is -1.87. The first-order chi connectivity index (χ1) is 5.68. The molecule has 2 rings (SSSR count). The van der Waals surface area contributed by atoms with Gasteiger partial charge < -0.3 is 10.1 Å². The van der Waals surface area contributed by atoms with Gasteiger partial charge in [-0.15, -0.1) is 0 Å². The highest BCUT2D eigenvalue weighted by Gasteiger charge is 2.26. The molecule has 2 N–H and O–H groups in total. The van der Waals surface area contributed by atoms with Crippen molar-refractivity contribution in [2.45, 2.75) is 25.7 Å². The minimum atomic E-state index is -0.837. The van der Waals surface area contributed by atoms with Crippen LogP contribution in [0.2, 0.25) is 0 Å².